The summed E-state index contributed by atoms with van der Waals surface area (Å²) in [7, 11) is 0. The molecule has 3 aromatic rings. The third kappa shape index (κ3) is 2.73. The number of hydrazone groups is 1. The number of carbonyl (C=O) groups excluding carboxylic acids is 2. The Labute approximate surface area is 181 Å². The van der Waals surface area contributed by atoms with Gasteiger partial charge in [-0.25, -0.2) is 20.0 Å². The number of esters is 1. The van der Waals surface area contributed by atoms with Crippen LogP contribution >= 0.6 is 0 Å². The van der Waals surface area contributed by atoms with Gasteiger partial charge in [-0.3, -0.25) is 4.79 Å². The molecule has 2 aliphatic rings. The molecule has 1 aromatic carbocycles. The van der Waals surface area contributed by atoms with Gasteiger partial charge in [0, 0.05) is 22.1 Å². The molecule has 32 heavy (non-hydrogen) atoms. The number of nitrogens with two attached hydrogens (primary N) is 1. The van der Waals surface area contributed by atoms with Crippen LogP contribution in [0, 0.1) is 0 Å². The number of hydrogen-bond acceptors (Lipinski definition) is 7. The van der Waals surface area contributed by atoms with Gasteiger partial charge in [0.25, 0.3) is 5.56 Å². The molecule has 4 heterocycles. The fraction of sp³-hybridized carbons (Fsp3) is 0.227. The van der Waals surface area contributed by atoms with Crippen LogP contribution in [0.2, 0.25) is 0 Å². The highest BCUT2D eigenvalue weighted by Gasteiger charge is 2.45. The van der Waals surface area contributed by atoms with Crippen LogP contribution in [0.4, 0.5) is 4.79 Å². The number of benzene rings is 1. The van der Waals surface area contributed by atoms with Crippen molar-refractivity contribution in [2.45, 2.75) is 32.1 Å². The zero-order chi connectivity index (χ0) is 22.6. The third-order valence-corrected chi connectivity index (χ3v) is 6.01. The number of aliphatic hydroxyl groups is 1. The van der Waals surface area contributed by atoms with Gasteiger partial charge in [0.15, 0.2) is 5.60 Å². The number of nitrogens with one attached hydrogen (secondary N) is 1. The molecule has 0 fully saturated rings. The summed E-state index contributed by atoms with van der Waals surface area (Å²) in [6, 6.07) is 8.24. The highest BCUT2D eigenvalue weighted by atomic mass is 16.6. The van der Waals surface area contributed by atoms with Crippen molar-refractivity contribution in [3.05, 3.63) is 62.9 Å². The minimum atomic E-state index is -1.89. The molecule has 10 heteroatoms. The summed E-state index contributed by atoms with van der Waals surface area (Å²) in [5.74, 6) is -0.771. The smallest absolute Gasteiger partial charge is 0.343 e. The Hall–Kier alpha value is -4.05. The number of aromatic nitrogens is 2. The maximum Gasteiger partial charge on any atom is 0.343 e. The van der Waals surface area contributed by atoms with E-state index in [2.05, 4.69) is 10.5 Å². The molecule has 0 saturated carbocycles. The molecule has 0 bridgehead atoms. The monoisotopic (exact) mass is 433 g/mol. The fourth-order valence-corrected chi connectivity index (χ4v) is 4.37. The van der Waals surface area contributed by atoms with Crippen molar-refractivity contribution in [2.24, 2.45) is 10.8 Å². The number of rotatable bonds is 3. The maximum atomic E-state index is 13.3. The quantitative estimate of drug-likeness (QED) is 0.250. The summed E-state index contributed by atoms with van der Waals surface area (Å²) in [5.41, 5.74) is 8.66. The first kappa shape index (κ1) is 19.9. The lowest BCUT2D eigenvalue weighted by Gasteiger charge is -2.31. The van der Waals surface area contributed by atoms with Crippen molar-refractivity contribution in [2.75, 3.05) is 0 Å². The summed E-state index contributed by atoms with van der Waals surface area (Å²) < 4.78 is 6.64. The highest BCUT2D eigenvalue weighted by Crippen LogP contribution is 2.39. The molecule has 10 nitrogen and oxygen atoms in total. The molecule has 2 aliphatic heterocycles. The largest absolute Gasteiger partial charge is 0.458 e. The second kappa shape index (κ2) is 6.99. The molecule has 4 N–H and O–H groups in total. The minimum absolute atomic E-state index is 0.0659. The molecule has 0 radical (unpaired) electrons. The SMILES string of the molecule is CC[C@@]1(O)C(=O)OCc2c1cc1n(c2=O)Cc2c-1nc1ccccc1c2C=NNC(N)=O. The van der Waals surface area contributed by atoms with E-state index in [0.29, 0.717) is 22.5 Å². The molecule has 0 unspecified atom stereocenters. The lowest BCUT2D eigenvalue weighted by Crippen LogP contribution is -2.44. The first-order valence-electron chi connectivity index (χ1n) is 10.0. The van der Waals surface area contributed by atoms with Crippen LogP contribution in [0.15, 0.2) is 40.2 Å². The molecular formula is C22H19N5O5. The standard InChI is InChI=1S/C22H19N5O5/c1-2-22(31)15-7-17-18-13(9-27(17)19(28)14(15)10-32-20(22)29)12(8-24-26-21(23)30)11-5-3-4-6-16(11)25-18/h3-8,31H,2,9-10H2,1H3,(H3,23,26,30)/t22-/m0/s1. The van der Waals surface area contributed by atoms with Crippen molar-refractivity contribution < 1.29 is 19.4 Å². The van der Waals surface area contributed by atoms with Gasteiger partial charge in [-0.05, 0) is 18.6 Å². The number of para-hydroxylation sites is 1. The summed E-state index contributed by atoms with van der Waals surface area (Å²) >= 11 is 0. The lowest BCUT2D eigenvalue weighted by molar-refractivity contribution is -0.172. The normalized spacial score (nSPS) is 18.9. The molecule has 1 atom stereocenters. The van der Waals surface area contributed by atoms with E-state index in [1.807, 2.05) is 24.3 Å². The fourth-order valence-electron chi connectivity index (χ4n) is 4.37. The number of urea groups is 1. The van der Waals surface area contributed by atoms with Gasteiger partial charge in [0.1, 0.15) is 6.61 Å². The van der Waals surface area contributed by atoms with E-state index in [-0.39, 0.29) is 36.3 Å². The van der Waals surface area contributed by atoms with Gasteiger partial charge in [-0.15, -0.1) is 0 Å². The number of nitrogens with zero attached hydrogens (tertiary/aromatic N) is 3. The van der Waals surface area contributed by atoms with Gasteiger partial charge in [-0.1, -0.05) is 25.1 Å². The lowest BCUT2D eigenvalue weighted by atomic mass is 9.86. The van der Waals surface area contributed by atoms with Gasteiger partial charge in [-0.2, -0.15) is 5.10 Å². The van der Waals surface area contributed by atoms with E-state index < -0.39 is 17.6 Å². The predicted octanol–water partition coefficient (Wildman–Crippen LogP) is 1.08. The molecule has 2 aromatic heterocycles. The van der Waals surface area contributed by atoms with Gasteiger partial charge in [0.05, 0.1) is 35.2 Å². The molecule has 2 amide bonds. The zero-order valence-corrected chi connectivity index (χ0v) is 17.1. The minimum Gasteiger partial charge on any atom is -0.458 e. The van der Waals surface area contributed by atoms with Crippen LogP contribution in [0.25, 0.3) is 22.3 Å². The van der Waals surface area contributed by atoms with E-state index in [1.54, 1.807) is 17.6 Å². The Morgan fingerprint density at radius 3 is 2.91 bits per heavy atom. The van der Waals surface area contributed by atoms with E-state index in [1.165, 1.54) is 6.21 Å². The number of amides is 2. The van der Waals surface area contributed by atoms with Gasteiger partial charge in [0.2, 0.25) is 0 Å². The highest BCUT2D eigenvalue weighted by molar-refractivity contribution is 6.02. The van der Waals surface area contributed by atoms with Crippen molar-refractivity contribution in [3.63, 3.8) is 0 Å². The number of carbonyl (C=O) groups is 2. The van der Waals surface area contributed by atoms with Gasteiger partial charge < -0.3 is 20.1 Å². The Bertz CT molecular complexity index is 1410. The van der Waals surface area contributed by atoms with E-state index >= 15 is 0 Å². The van der Waals surface area contributed by atoms with Crippen LogP contribution in [-0.2, 0) is 28.3 Å². The second-order valence-electron chi connectivity index (χ2n) is 7.71. The third-order valence-electron chi connectivity index (χ3n) is 6.01. The summed E-state index contributed by atoms with van der Waals surface area (Å²) in [6.45, 7) is 1.67. The average Bonchev–Trinajstić information content (AvgIpc) is 3.15. The van der Waals surface area contributed by atoms with Crippen LogP contribution < -0.4 is 16.7 Å². The van der Waals surface area contributed by atoms with Crippen molar-refractivity contribution in [3.8, 4) is 11.4 Å². The maximum absolute atomic E-state index is 13.3. The molecule has 162 valence electrons. The number of pyridine rings is 2. The second-order valence-corrected chi connectivity index (χ2v) is 7.71. The predicted molar refractivity (Wildman–Crippen MR) is 115 cm³/mol. The average molecular weight is 433 g/mol. The van der Waals surface area contributed by atoms with Crippen LogP contribution in [-0.4, -0.2) is 32.9 Å². The van der Waals surface area contributed by atoms with Crippen molar-refractivity contribution in [1.29, 1.82) is 0 Å². The number of primary amides is 1. The number of cyclic esters (lactones) is 1. The van der Waals surface area contributed by atoms with E-state index in [9.17, 15) is 19.5 Å². The topological polar surface area (TPSA) is 149 Å². The molecule has 0 aliphatic carbocycles. The summed E-state index contributed by atoms with van der Waals surface area (Å²) in [6.07, 6.45) is 1.54. The number of fused-ring (bicyclic) bond motifs is 5. The Morgan fingerprint density at radius 1 is 1.38 bits per heavy atom. The molecule has 5 rings (SSSR count). The van der Waals surface area contributed by atoms with Crippen LogP contribution in [0.1, 0.15) is 35.6 Å². The zero-order valence-electron chi connectivity index (χ0n) is 17.1. The van der Waals surface area contributed by atoms with E-state index in [4.69, 9.17) is 15.5 Å². The first-order valence-corrected chi connectivity index (χ1v) is 10.0. The van der Waals surface area contributed by atoms with Crippen molar-refractivity contribution >= 4 is 29.1 Å². The molecule has 0 spiro atoms. The summed E-state index contributed by atoms with van der Waals surface area (Å²) in [5, 5.41) is 15.7. The van der Waals surface area contributed by atoms with E-state index in [0.717, 1.165) is 10.9 Å². The molecule has 0 saturated heterocycles. The Morgan fingerprint density at radius 2 is 2.16 bits per heavy atom. The number of hydrogen-bond donors (Lipinski definition) is 3. The first-order chi connectivity index (χ1) is 15.3. The summed E-state index contributed by atoms with van der Waals surface area (Å²) in [4.78, 5) is 41.4. The Balaban J connectivity index is 1.78. The number of ether oxygens (including phenoxy) is 1. The van der Waals surface area contributed by atoms with Crippen LogP contribution in [0.5, 0.6) is 0 Å². The molecular weight excluding hydrogens is 414 g/mol. The van der Waals surface area contributed by atoms with Gasteiger partial charge >= 0.3 is 12.0 Å². The van der Waals surface area contributed by atoms with Crippen LogP contribution in [0.3, 0.4) is 0 Å². The Kier molecular flexibility index (Phi) is 4.34. The van der Waals surface area contributed by atoms with Crippen molar-refractivity contribution in [1.82, 2.24) is 15.0 Å².